The lowest BCUT2D eigenvalue weighted by atomic mass is 9.49. The van der Waals surface area contributed by atoms with E-state index in [9.17, 15) is 0 Å². The Kier molecular flexibility index (Phi) is 15.7. The minimum absolute atomic E-state index is 0. The third-order valence-corrected chi connectivity index (χ3v) is 15.4. The molecule has 342 valence electrons. The number of thiazole rings is 2. The lowest BCUT2D eigenvalue weighted by molar-refractivity contribution is 0.00578. The molecular formula is C51H64B3BrN2O6S2. The largest absolute Gasteiger partial charge is 0.494 e. The smallest absolute Gasteiger partial charge is 0.405 e. The zero-order valence-corrected chi connectivity index (χ0v) is 42.5. The number of rotatable bonds is 8. The Morgan fingerprint density at radius 2 is 0.769 bits per heavy atom. The van der Waals surface area contributed by atoms with E-state index in [2.05, 4.69) is 127 Å². The summed E-state index contributed by atoms with van der Waals surface area (Å²) in [5.74, 6) is 0. The molecule has 65 heavy (non-hydrogen) atoms. The van der Waals surface area contributed by atoms with Crippen molar-refractivity contribution in [1.29, 1.82) is 0 Å². The van der Waals surface area contributed by atoms with Gasteiger partial charge in [-0.15, -0.1) is 22.7 Å². The molecule has 5 heterocycles. The highest BCUT2D eigenvalue weighted by atomic mass is 79.9. The Labute approximate surface area is 405 Å². The first-order valence-corrected chi connectivity index (χ1v) is 24.5. The summed E-state index contributed by atoms with van der Waals surface area (Å²) in [6.07, 6.45) is 1.73. The Bertz CT molecular complexity index is 2380. The molecule has 4 aromatic carbocycles. The second kappa shape index (κ2) is 20.0. The van der Waals surface area contributed by atoms with Gasteiger partial charge in [0.15, 0.2) is 0 Å². The molecule has 0 unspecified atom stereocenters. The van der Waals surface area contributed by atoms with Crippen LogP contribution in [0.4, 0.5) is 0 Å². The summed E-state index contributed by atoms with van der Waals surface area (Å²) in [6, 6.07) is 37.5. The summed E-state index contributed by atoms with van der Waals surface area (Å²) in [5, 5.41) is 6.53. The molecule has 0 amide bonds. The van der Waals surface area contributed by atoms with E-state index in [0.717, 1.165) is 49.7 Å². The zero-order chi connectivity index (χ0) is 46.1. The van der Waals surface area contributed by atoms with Crippen molar-refractivity contribution in [3.8, 4) is 22.5 Å². The van der Waals surface area contributed by atoms with Crippen LogP contribution in [0.5, 0.6) is 0 Å². The van der Waals surface area contributed by atoms with E-state index in [1.165, 1.54) is 16.7 Å². The maximum atomic E-state index is 6.13. The fourth-order valence-electron chi connectivity index (χ4n) is 6.99. The van der Waals surface area contributed by atoms with Crippen LogP contribution in [0.1, 0.15) is 112 Å². The van der Waals surface area contributed by atoms with Gasteiger partial charge in [-0.25, -0.2) is 9.97 Å². The molecule has 3 aliphatic heterocycles. The number of hydrogen-bond donors (Lipinski definition) is 0. The number of nitrogens with zero attached hydrogens (tertiary/aromatic N) is 2. The topological polar surface area (TPSA) is 81.2 Å². The van der Waals surface area contributed by atoms with Gasteiger partial charge in [0.1, 0.15) is 0 Å². The van der Waals surface area contributed by atoms with E-state index in [0.29, 0.717) is 0 Å². The molecule has 14 heteroatoms. The van der Waals surface area contributed by atoms with Crippen LogP contribution in [0.2, 0.25) is 0 Å². The Morgan fingerprint density at radius 1 is 0.446 bits per heavy atom. The van der Waals surface area contributed by atoms with Crippen molar-refractivity contribution in [2.45, 2.75) is 137 Å². The van der Waals surface area contributed by atoms with Crippen molar-refractivity contribution >= 4 is 65.2 Å². The summed E-state index contributed by atoms with van der Waals surface area (Å²) in [4.78, 5) is 9.49. The molecule has 9 rings (SSSR count). The summed E-state index contributed by atoms with van der Waals surface area (Å²) in [5.41, 5.74) is 5.98. The molecule has 0 atom stereocenters. The summed E-state index contributed by atoms with van der Waals surface area (Å²) < 4.78 is 37.2. The van der Waals surface area contributed by atoms with Gasteiger partial charge in [-0.3, -0.25) is 0 Å². The molecule has 6 aromatic rings. The Morgan fingerprint density at radius 3 is 1.12 bits per heavy atom. The first-order chi connectivity index (χ1) is 30.0. The molecule has 3 fully saturated rings. The van der Waals surface area contributed by atoms with Crippen molar-refractivity contribution in [2.24, 2.45) is 0 Å². The van der Waals surface area contributed by atoms with Crippen molar-refractivity contribution in [3.05, 3.63) is 146 Å². The lowest BCUT2D eigenvalue weighted by Gasteiger charge is -2.32. The van der Waals surface area contributed by atoms with E-state index in [4.69, 9.17) is 37.9 Å². The number of aromatic nitrogens is 2. The molecule has 0 radical (unpaired) electrons. The van der Waals surface area contributed by atoms with Gasteiger partial charge in [0.25, 0.3) is 0 Å². The minimum atomic E-state index is -0.476. The highest BCUT2D eigenvalue weighted by molar-refractivity contribution is 9.10. The van der Waals surface area contributed by atoms with Gasteiger partial charge in [-0.1, -0.05) is 120 Å². The molecule has 2 aromatic heterocycles. The fourth-order valence-corrected chi connectivity index (χ4v) is 8.93. The Hall–Kier alpha value is -3.43. The van der Waals surface area contributed by atoms with Crippen LogP contribution >= 0.6 is 38.6 Å². The highest BCUT2D eigenvalue weighted by Gasteiger charge is 2.63. The van der Waals surface area contributed by atoms with E-state index < -0.39 is 14.0 Å². The number of halogens is 1. The second-order valence-electron chi connectivity index (χ2n) is 19.5. The highest BCUT2D eigenvalue weighted by Crippen LogP contribution is 2.43. The fraction of sp³-hybridized carbons (Fsp3) is 0.412. The SMILES string of the molecule is Brc1ccc(Cc2nc(-c3ccccc3)cs2)cc1.C.CC1(C)OB(B2OC(C)(C)C(C)(C)O2)OC1(C)C.CC1(C)OB(c2ccc(Cc3nc(-c4ccccc4)cs3)cc2)OC1(C)C. The lowest BCUT2D eigenvalue weighted by Crippen LogP contribution is -2.41. The zero-order valence-electron chi connectivity index (χ0n) is 39.2. The van der Waals surface area contributed by atoms with Gasteiger partial charge in [0, 0.05) is 39.2 Å². The van der Waals surface area contributed by atoms with E-state index in [1.807, 2.05) is 91.8 Å². The standard InChI is InChI=1S/C22H24BNO2S.C16H12BrNS.C12H24B2O4.CH4/c1-21(2)22(3,4)26-23(25-21)18-12-10-16(11-13-18)14-20-24-19(15-27-20)17-8-6-5-7-9-17;17-14-8-6-12(7-9-14)10-16-18-15(11-19-16)13-4-2-1-3-5-13;1-9(2)10(3,4)16-13(15-9)14-17-11(5,6)12(7,8)18-14;/h5-13,15H,14H2,1-4H3;1-9,11H,10H2;1-8H3;1H4. The molecule has 8 nitrogen and oxygen atoms in total. The van der Waals surface area contributed by atoms with Crippen molar-refractivity contribution in [1.82, 2.24) is 9.97 Å². The van der Waals surface area contributed by atoms with Crippen LogP contribution < -0.4 is 5.46 Å². The van der Waals surface area contributed by atoms with Crippen LogP contribution in [0.3, 0.4) is 0 Å². The van der Waals surface area contributed by atoms with Crippen molar-refractivity contribution in [3.63, 3.8) is 0 Å². The second-order valence-corrected chi connectivity index (χ2v) is 22.3. The van der Waals surface area contributed by atoms with Crippen LogP contribution in [0.15, 0.2) is 124 Å². The van der Waals surface area contributed by atoms with E-state index >= 15 is 0 Å². The summed E-state index contributed by atoms with van der Waals surface area (Å²) in [7, 11) is -1.26. The van der Waals surface area contributed by atoms with E-state index in [1.54, 1.807) is 22.7 Å². The van der Waals surface area contributed by atoms with Crippen molar-refractivity contribution in [2.75, 3.05) is 0 Å². The van der Waals surface area contributed by atoms with Gasteiger partial charge in [-0.2, -0.15) is 0 Å². The predicted molar refractivity (Wildman–Crippen MR) is 276 cm³/mol. The minimum Gasteiger partial charge on any atom is -0.405 e. The number of hydrogen-bond acceptors (Lipinski definition) is 10. The van der Waals surface area contributed by atoms with Gasteiger partial charge < -0.3 is 27.9 Å². The third kappa shape index (κ3) is 12.0. The van der Waals surface area contributed by atoms with Gasteiger partial charge in [-0.05, 0) is 112 Å². The van der Waals surface area contributed by atoms with Gasteiger partial charge in [0.05, 0.1) is 55.0 Å². The molecular weight excluding hydrogens is 913 g/mol. The third-order valence-electron chi connectivity index (χ3n) is 13.1. The average molecular weight is 978 g/mol. The average Bonchev–Trinajstić information content (AvgIpc) is 4.04. The van der Waals surface area contributed by atoms with Crippen LogP contribution in [0, 0.1) is 0 Å². The molecule has 3 saturated heterocycles. The molecule has 3 aliphatic rings. The number of benzene rings is 4. The quantitative estimate of drug-likeness (QED) is 0.140. The first-order valence-electron chi connectivity index (χ1n) is 21.9. The summed E-state index contributed by atoms with van der Waals surface area (Å²) in [6.45, 7) is 24.5. The maximum absolute atomic E-state index is 6.13. The van der Waals surface area contributed by atoms with Crippen LogP contribution in [0.25, 0.3) is 22.5 Å². The van der Waals surface area contributed by atoms with E-state index in [-0.39, 0.29) is 48.2 Å². The Balaban J connectivity index is 0.000000165. The molecule has 0 saturated carbocycles. The van der Waals surface area contributed by atoms with Crippen molar-refractivity contribution < 1.29 is 27.9 Å². The van der Waals surface area contributed by atoms with Gasteiger partial charge in [0.2, 0.25) is 0 Å². The van der Waals surface area contributed by atoms with Crippen LogP contribution in [-0.4, -0.2) is 64.7 Å². The summed E-state index contributed by atoms with van der Waals surface area (Å²) >= 11 is 6.88. The normalized spacial score (nSPS) is 19.4. The predicted octanol–water partition coefficient (Wildman–Crippen LogP) is 12.7. The molecule has 0 spiro atoms. The molecule has 0 aliphatic carbocycles. The van der Waals surface area contributed by atoms with Gasteiger partial charge >= 0.3 is 21.1 Å². The van der Waals surface area contributed by atoms with Crippen LogP contribution in [-0.2, 0) is 40.8 Å². The molecule has 0 bridgehead atoms. The maximum Gasteiger partial charge on any atom is 0.494 e. The monoisotopic (exact) mass is 976 g/mol. The first kappa shape index (κ1) is 51.0. The molecule has 0 N–H and O–H groups in total.